The molecule has 0 spiro atoms. The molecule has 1 amide bonds. The average Bonchev–Trinajstić information content (AvgIpc) is 2.90. The van der Waals surface area contributed by atoms with Gasteiger partial charge in [0.15, 0.2) is 4.32 Å². The lowest BCUT2D eigenvalue weighted by Gasteiger charge is -2.17. The molecular formula is C20H12FNOS2. The number of nitrogens with zero attached hydrogens (tertiary/aromatic N) is 1. The zero-order chi connectivity index (χ0) is 17.4. The van der Waals surface area contributed by atoms with Crippen LogP contribution in [0, 0.1) is 5.82 Å². The standard InChI is InChI=1S/C20H12FNOS2/c21-16-10-4-2-7-14(16)12-18-19(23)22(20(24)25-18)17-11-5-8-13-6-1-3-9-15(13)17/h1-12H/b18-12-. The van der Waals surface area contributed by atoms with E-state index in [9.17, 15) is 9.18 Å². The summed E-state index contributed by atoms with van der Waals surface area (Å²) in [7, 11) is 0. The molecule has 0 aliphatic carbocycles. The van der Waals surface area contributed by atoms with Gasteiger partial charge in [0, 0.05) is 10.9 Å². The minimum atomic E-state index is -0.363. The monoisotopic (exact) mass is 365 g/mol. The highest BCUT2D eigenvalue weighted by Gasteiger charge is 2.34. The van der Waals surface area contributed by atoms with Gasteiger partial charge in [0.25, 0.3) is 5.91 Å². The van der Waals surface area contributed by atoms with Crippen molar-refractivity contribution in [3.8, 4) is 0 Å². The van der Waals surface area contributed by atoms with Gasteiger partial charge >= 0.3 is 0 Å². The summed E-state index contributed by atoms with van der Waals surface area (Å²) in [6, 6.07) is 20.0. The van der Waals surface area contributed by atoms with E-state index in [0.29, 0.717) is 14.8 Å². The molecule has 3 aromatic carbocycles. The van der Waals surface area contributed by atoms with Crippen molar-refractivity contribution < 1.29 is 9.18 Å². The molecule has 122 valence electrons. The minimum Gasteiger partial charge on any atom is -0.268 e. The summed E-state index contributed by atoms with van der Waals surface area (Å²) >= 11 is 6.61. The molecule has 4 rings (SSSR count). The van der Waals surface area contributed by atoms with Gasteiger partial charge in [0.05, 0.1) is 10.6 Å². The number of amides is 1. The van der Waals surface area contributed by atoms with Crippen LogP contribution in [0.2, 0.25) is 0 Å². The molecular weight excluding hydrogens is 353 g/mol. The Balaban J connectivity index is 1.79. The number of thioether (sulfide) groups is 1. The first-order valence-electron chi connectivity index (χ1n) is 7.65. The van der Waals surface area contributed by atoms with E-state index in [0.717, 1.165) is 16.5 Å². The molecule has 0 aromatic heterocycles. The summed E-state index contributed by atoms with van der Waals surface area (Å²) in [6.45, 7) is 0. The highest BCUT2D eigenvalue weighted by atomic mass is 32.2. The van der Waals surface area contributed by atoms with Crippen LogP contribution in [0.1, 0.15) is 5.56 Å². The number of thiocarbonyl (C=S) groups is 1. The molecule has 0 bridgehead atoms. The summed E-state index contributed by atoms with van der Waals surface area (Å²) in [4.78, 5) is 14.8. The Kier molecular flexibility index (Phi) is 4.11. The zero-order valence-electron chi connectivity index (χ0n) is 13.0. The van der Waals surface area contributed by atoms with E-state index in [1.54, 1.807) is 24.3 Å². The van der Waals surface area contributed by atoms with Crippen molar-refractivity contribution in [3.05, 3.63) is 83.0 Å². The Morgan fingerprint density at radius 2 is 1.68 bits per heavy atom. The molecule has 1 aliphatic rings. The molecule has 0 radical (unpaired) electrons. The van der Waals surface area contributed by atoms with E-state index < -0.39 is 0 Å². The Morgan fingerprint density at radius 3 is 2.52 bits per heavy atom. The van der Waals surface area contributed by atoms with Crippen molar-refractivity contribution >= 4 is 56.7 Å². The van der Waals surface area contributed by atoms with Gasteiger partial charge in [-0.1, -0.05) is 78.6 Å². The van der Waals surface area contributed by atoms with E-state index in [2.05, 4.69) is 0 Å². The third-order valence-corrected chi connectivity index (χ3v) is 5.30. The quantitative estimate of drug-likeness (QED) is 0.449. The van der Waals surface area contributed by atoms with Gasteiger partial charge < -0.3 is 0 Å². The van der Waals surface area contributed by atoms with Gasteiger partial charge in [-0.3, -0.25) is 9.69 Å². The smallest absolute Gasteiger partial charge is 0.268 e. The highest BCUT2D eigenvalue weighted by molar-refractivity contribution is 8.27. The number of hydrogen-bond donors (Lipinski definition) is 0. The number of carbonyl (C=O) groups excluding carboxylic acids is 1. The molecule has 1 aliphatic heterocycles. The van der Waals surface area contributed by atoms with E-state index in [-0.39, 0.29) is 11.7 Å². The maximum absolute atomic E-state index is 13.9. The fourth-order valence-electron chi connectivity index (χ4n) is 2.81. The number of anilines is 1. The van der Waals surface area contributed by atoms with Gasteiger partial charge in [0.1, 0.15) is 5.82 Å². The molecule has 0 unspecified atom stereocenters. The van der Waals surface area contributed by atoms with Crippen molar-refractivity contribution in [2.24, 2.45) is 0 Å². The highest BCUT2D eigenvalue weighted by Crippen LogP contribution is 2.38. The third-order valence-electron chi connectivity index (χ3n) is 3.99. The van der Waals surface area contributed by atoms with Crippen LogP contribution in [0.25, 0.3) is 16.8 Å². The van der Waals surface area contributed by atoms with E-state index in [4.69, 9.17) is 12.2 Å². The summed E-state index contributed by atoms with van der Waals surface area (Å²) in [6.07, 6.45) is 1.56. The molecule has 0 N–H and O–H groups in total. The van der Waals surface area contributed by atoms with Crippen molar-refractivity contribution in [2.45, 2.75) is 0 Å². The summed E-state index contributed by atoms with van der Waals surface area (Å²) in [5.41, 5.74) is 1.12. The molecule has 3 aromatic rings. The van der Waals surface area contributed by atoms with Crippen LogP contribution in [0.15, 0.2) is 71.6 Å². The van der Waals surface area contributed by atoms with E-state index in [1.165, 1.54) is 22.7 Å². The Hall–Kier alpha value is -2.50. The van der Waals surface area contributed by atoms with Gasteiger partial charge in [-0.05, 0) is 23.6 Å². The van der Waals surface area contributed by atoms with Gasteiger partial charge in [0.2, 0.25) is 0 Å². The largest absolute Gasteiger partial charge is 0.270 e. The summed E-state index contributed by atoms with van der Waals surface area (Å²) < 4.78 is 14.3. The maximum atomic E-state index is 13.9. The number of carbonyl (C=O) groups is 1. The lowest BCUT2D eigenvalue weighted by atomic mass is 10.1. The minimum absolute atomic E-state index is 0.227. The van der Waals surface area contributed by atoms with Crippen LogP contribution in [0.5, 0.6) is 0 Å². The molecule has 25 heavy (non-hydrogen) atoms. The second kappa shape index (κ2) is 6.43. The number of halogens is 1. The zero-order valence-corrected chi connectivity index (χ0v) is 14.6. The molecule has 1 saturated heterocycles. The molecule has 5 heteroatoms. The lowest BCUT2D eigenvalue weighted by Crippen LogP contribution is -2.27. The lowest BCUT2D eigenvalue weighted by molar-refractivity contribution is -0.113. The predicted octanol–water partition coefficient (Wildman–Crippen LogP) is 5.38. The van der Waals surface area contributed by atoms with Crippen molar-refractivity contribution in [1.29, 1.82) is 0 Å². The molecule has 1 heterocycles. The normalized spacial score (nSPS) is 16.2. The first kappa shape index (κ1) is 16.0. The van der Waals surface area contributed by atoms with Crippen LogP contribution < -0.4 is 4.90 Å². The Labute approximate surface area is 154 Å². The van der Waals surface area contributed by atoms with Gasteiger partial charge in [-0.2, -0.15) is 0 Å². The molecule has 0 atom stereocenters. The Morgan fingerprint density at radius 1 is 0.960 bits per heavy atom. The molecule has 0 saturated carbocycles. The van der Waals surface area contributed by atoms with Gasteiger partial charge in [-0.25, -0.2) is 4.39 Å². The van der Waals surface area contributed by atoms with Crippen LogP contribution in [0.4, 0.5) is 10.1 Å². The van der Waals surface area contributed by atoms with E-state index >= 15 is 0 Å². The number of rotatable bonds is 2. The number of fused-ring (bicyclic) bond motifs is 1. The van der Waals surface area contributed by atoms with Crippen LogP contribution in [0.3, 0.4) is 0 Å². The first-order valence-corrected chi connectivity index (χ1v) is 8.88. The second-order valence-electron chi connectivity index (χ2n) is 5.54. The van der Waals surface area contributed by atoms with Crippen LogP contribution >= 0.6 is 24.0 Å². The predicted molar refractivity (Wildman–Crippen MR) is 106 cm³/mol. The topological polar surface area (TPSA) is 20.3 Å². The Bertz CT molecular complexity index is 1040. The number of hydrogen-bond acceptors (Lipinski definition) is 3. The molecule has 1 fully saturated rings. The maximum Gasteiger partial charge on any atom is 0.270 e. The van der Waals surface area contributed by atoms with Crippen molar-refractivity contribution in [1.82, 2.24) is 0 Å². The SMILES string of the molecule is O=C1/C(=C/c2ccccc2F)SC(=S)N1c1cccc2ccccc12. The average molecular weight is 365 g/mol. The number of benzene rings is 3. The third kappa shape index (κ3) is 2.86. The van der Waals surface area contributed by atoms with E-state index in [1.807, 2.05) is 42.5 Å². The fourth-order valence-corrected chi connectivity index (χ4v) is 4.09. The summed E-state index contributed by atoms with van der Waals surface area (Å²) in [5.74, 6) is -0.590. The molecule has 2 nitrogen and oxygen atoms in total. The van der Waals surface area contributed by atoms with Crippen LogP contribution in [-0.2, 0) is 4.79 Å². The van der Waals surface area contributed by atoms with Crippen molar-refractivity contribution in [2.75, 3.05) is 4.90 Å². The second-order valence-corrected chi connectivity index (χ2v) is 7.21. The summed E-state index contributed by atoms with van der Waals surface area (Å²) in [5, 5.41) is 1.99. The fraction of sp³-hybridized carbons (Fsp3) is 0. The van der Waals surface area contributed by atoms with Gasteiger partial charge in [-0.15, -0.1) is 0 Å². The first-order chi connectivity index (χ1) is 12.1. The van der Waals surface area contributed by atoms with Crippen molar-refractivity contribution in [3.63, 3.8) is 0 Å². The van der Waals surface area contributed by atoms with Crippen LogP contribution in [-0.4, -0.2) is 10.2 Å².